The molecule has 4 nitrogen and oxygen atoms in total. The minimum atomic E-state index is 0.764. The molecule has 0 bridgehead atoms. The van der Waals surface area contributed by atoms with Crippen LogP contribution in [-0.2, 0) is 7.05 Å². The quantitative estimate of drug-likeness (QED) is 0.495. The Bertz CT molecular complexity index is 500. The zero-order chi connectivity index (χ0) is 11.5. The normalized spacial score (nSPS) is 10.7. The number of imidazole rings is 1. The third kappa shape index (κ3) is 2.58. The molecule has 0 aliphatic heterocycles. The van der Waals surface area contributed by atoms with Gasteiger partial charge in [-0.25, -0.2) is 15.0 Å². The zero-order valence-corrected chi connectivity index (χ0v) is 11.9. The van der Waals surface area contributed by atoms with E-state index in [1.54, 1.807) is 12.4 Å². The van der Waals surface area contributed by atoms with Crippen LogP contribution in [0.1, 0.15) is 0 Å². The molecular formula is C9H9BrN4S2. The summed E-state index contributed by atoms with van der Waals surface area (Å²) in [6.07, 6.45) is 7.41. The first-order valence-electron chi connectivity index (χ1n) is 4.42. The van der Waals surface area contributed by atoms with Crippen LogP contribution in [0.25, 0.3) is 0 Å². The van der Waals surface area contributed by atoms with Gasteiger partial charge in [0.05, 0.1) is 4.47 Å². The lowest BCUT2D eigenvalue weighted by Gasteiger charge is -2.04. The van der Waals surface area contributed by atoms with Crippen molar-refractivity contribution >= 4 is 39.5 Å². The van der Waals surface area contributed by atoms with E-state index in [9.17, 15) is 0 Å². The number of halogens is 1. The topological polar surface area (TPSA) is 43.6 Å². The van der Waals surface area contributed by atoms with Gasteiger partial charge in [-0.15, -0.1) is 0 Å². The Morgan fingerprint density at radius 3 is 2.81 bits per heavy atom. The van der Waals surface area contributed by atoms with E-state index in [2.05, 4.69) is 30.9 Å². The molecule has 0 aromatic carbocycles. The van der Waals surface area contributed by atoms with Gasteiger partial charge in [-0.2, -0.15) is 0 Å². The van der Waals surface area contributed by atoms with Crippen molar-refractivity contribution < 1.29 is 0 Å². The van der Waals surface area contributed by atoms with Crippen molar-refractivity contribution in [1.29, 1.82) is 0 Å². The first kappa shape index (κ1) is 11.9. The Morgan fingerprint density at radius 2 is 2.19 bits per heavy atom. The van der Waals surface area contributed by atoms with Crippen LogP contribution in [-0.4, -0.2) is 25.8 Å². The third-order valence-corrected chi connectivity index (χ3v) is 4.32. The van der Waals surface area contributed by atoms with E-state index >= 15 is 0 Å². The van der Waals surface area contributed by atoms with Gasteiger partial charge in [-0.05, 0) is 33.9 Å². The largest absolute Gasteiger partial charge is 0.329 e. The molecule has 84 valence electrons. The number of hydrogen-bond acceptors (Lipinski definition) is 5. The van der Waals surface area contributed by atoms with Crippen LogP contribution in [0.3, 0.4) is 0 Å². The van der Waals surface area contributed by atoms with Crippen LogP contribution in [0.4, 0.5) is 0 Å². The number of nitrogens with zero attached hydrogens (tertiary/aromatic N) is 4. The van der Waals surface area contributed by atoms with Crippen molar-refractivity contribution in [1.82, 2.24) is 19.5 Å². The highest BCUT2D eigenvalue weighted by Gasteiger charge is 2.09. The lowest BCUT2D eigenvalue weighted by molar-refractivity contribution is 0.784. The molecule has 0 spiro atoms. The summed E-state index contributed by atoms with van der Waals surface area (Å²) in [4.78, 5) is 12.8. The molecule has 0 fully saturated rings. The summed E-state index contributed by atoms with van der Waals surface area (Å²) >= 11 is 6.48. The van der Waals surface area contributed by atoms with Crippen LogP contribution in [0, 0.1) is 0 Å². The first-order chi connectivity index (χ1) is 7.70. The molecule has 2 rings (SSSR count). The van der Waals surface area contributed by atoms with Crippen LogP contribution >= 0.6 is 39.5 Å². The maximum Gasteiger partial charge on any atom is 0.188 e. The van der Waals surface area contributed by atoms with Gasteiger partial charge in [-0.3, -0.25) is 0 Å². The number of thioether (sulfide) groups is 1. The van der Waals surface area contributed by atoms with Gasteiger partial charge in [0, 0.05) is 25.6 Å². The number of rotatable bonds is 3. The highest BCUT2D eigenvalue weighted by atomic mass is 79.9. The van der Waals surface area contributed by atoms with E-state index in [-0.39, 0.29) is 0 Å². The van der Waals surface area contributed by atoms with E-state index in [0.29, 0.717) is 0 Å². The molecule has 0 N–H and O–H groups in total. The maximum absolute atomic E-state index is 4.42. The molecule has 2 aromatic rings. The average Bonchev–Trinajstić information content (AvgIpc) is 2.68. The van der Waals surface area contributed by atoms with E-state index in [4.69, 9.17) is 0 Å². The van der Waals surface area contributed by atoms with Gasteiger partial charge < -0.3 is 4.57 Å². The Labute approximate surface area is 110 Å². The molecule has 2 heterocycles. The zero-order valence-electron chi connectivity index (χ0n) is 8.72. The number of aromatic nitrogens is 4. The summed E-state index contributed by atoms with van der Waals surface area (Å²) in [5.41, 5.74) is 0. The van der Waals surface area contributed by atoms with Crippen LogP contribution in [0.5, 0.6) is 0 Å². The number of aryl methyl sites for hydroxylation is 1. The average molecular weight is 317 g/mol. The second kappa shape index (κ2) is 5.20. The lowest BCUT2D eigenvalue weighted by atomic mass is 10.7. The van der Waals surface area contributed by atoms with Gasteiger partial charge in [0.25, 0.3) is 0 Å². The van der Waals surface area contributed by atoms with E-state index < -0.39 is 0 Å². The van der Waals surface area contributed by atoms with Gasteiger partial charge in [0.1, 0.15) is 5.03 Å². The molecule has 0 aliphatic carbocycles. The standard InChI is InChI=1S/C9H9BrN4S2/c1-14-4-3-11-9(14)16-7-6(10)5-12-8(13-7)15-2/h3-5H,1-2H3. The molecule has 0 radical (unpaired) electrons. The molecule has 0 saturated carbocycles. The molecule has 16 heavy (non-hydrogen) atoms. The molecule has 0 unspecified atom stereocenters. The Kier molecular flexibility index (Phi) is 3.88. The summed E-state index contributed by atoms with van der Waals surface area (Å²) in [6.45, 7) is 0. The maximum atomic E-state index is 4.42. The third-order valence-electron chi connectivity index (χ3n) is 1.84. The van der Waals surface area contributed by atoms with Crippen molar-refractivity contribution in [3.8, 4) is 0 Å². The molecule has 2 aromatic heterocycles. The van der Waals surface area contributed by atoms with E-state index in [1.807, 2.05) is 24.1 Å². The molecule has 0 aliphatic rings. The van der Waals surface area contributed by atoms with Gasteiger partial charge >= 0.3 is 0 Å². The predicted molar refractivity (Wildman–Crippen MR) is 68.8 cm³/mol. The second-order valence-electron chi connectivity index (χ2n) is 2.93. The van der Waals surface area contributed by atoms with E-state index in [1.165, 1.54) is 23.5 Å². The van der Waals surface area contributed by atoms with Gasteiger partial charge in [-0.1, -0.05) is 11.8 Å². The molecule has 7 heteroatoms. The highest BCUT2D eigenvalue weighted by Crippen LogP contribution is 2.31. The Morgan fingerprint density at radius 1 is 1.38 bits per heavy atom. The summed E-state index contributed by atoms with van der Waals surface area (Å²) in [7, 11) is 1.96. The van der Waals surface area contributed by atoms with Crippen molar-refractivity contribution in [3.63, 3.8) is 0 Å². The lowest BCUT2D eigenvalue weighted by Crippen LogP contribution is -1.93. The fraction of sp³-hybridized carbons (Fsp3) is 0.222. The van der Waals surface area contributed by atoms with Gasteiger partial charge in [0.15, 0.2) is 10.3 Å². The van der Waals surface area contributed by atoms with Crippen LogP contribution < -0.4 is 0 Å². The summed E-state index contributed by atoms with van der Waals surface area (Å²) in [5.74, 6) is 0. The monoisotopic (exact) mass is 316 g/mol. The van der Waals surface area contributed by atoms with Crippen molar-refractivity contribution in [2.24, 2.45) is 7.05 Å². The van der Waals surface area contributed by atoms with E-state index in [0.717, 1.165) is 19.8 Å². The molecule has 0 saturated heterocycles. The first-order valence-corrected chi connectivity index (χ1v) is 7.26. The Balaban J connectivity index is 2.30. The van der Waals surface area contributed by atoms with Crippen LogP contribution in [0.15, 0.2) is 38.4 Å². The van der Waals surface area contributed by atoms with Crippen LogP contribution in [0.2, 0.25) is 0 Å². The molecular weight excluding hydrogens is 308 g/mol. The summed E-state index contributed by atoms with van der Waals surface area (Å²) in [5, 5.41) is 2.56. The van der Waals surface area contributed by atoms with Crippen molar-refractivity contribution in [3.05, 3.63) is 23.1 Å². The minimum Gasteiger partial charge on any atom is -0.329 e. The highest BCUT2D eigenvalue weighted by molar-refractivity contribution is 9.10. The van der Waals surface area contributed by atoms with Crippen molar-refractivity contribution in [2.75, 3.05) is 6.26 Å². The predicted octanol–water partition coefficient (Wildman–Crippen LogP) is 2.85. The second-order valence-corrected chi connectivity index (χ2v) is 5.52. The smallest absolute Gasteiger partial charge is 0.188 e. The fourth-order valence-corrected chi connectivity index (χ4v) is 2.65. The molecule has 0 atom stereocenters. The fourth-order valence-electron chi connectivity index (χ4n) is 1.04. The Hall–Kier alpha value is -0.530. The minimum absolute atomic E-state index is 0.764. The SMILES string of the molecule is CSc1ncc(Br)c(Sc2nccn2C)n1. The van der Waals surface area contributed by atoms with Crippen molar-refractivity contribution in [2.45, 2.75) is 15.3 Å². The van der Waals surface area contributed by atoms with Gasteiger partial charge in [0.2, 0.25) is 0 Å². The molecule has 0 amide bonds. The summed E-state index contributed by atoms with van der Waals surface area (Å²) in [6, 6.07) is 0. The summed E-state index contributed by atoms with van der Waals surface area (Å²) < 4.78 is 2.84. The number of hydrogen-bond donors (Lipinski definition) is 0.